The van der Waals surface area contributed by atoms with Gasteiger partial charge in [-0.2, -0.15) is 11.8 Å². The number of likely N-dealkylation sites (N-methyl/N-ethyl adjacent to an activating group) is 1. The second-order valence-electron chi connectivity index (χ2n) is 4.22. The van der Waals surface area contributed by atoms with Crippen LogP contribution in [0.15, 0.2) is 17.5 Å². The highest BCUT2D eigenvalue weighted by molar-refractivity contribution is 7.99. The molecule has 1 fully saturated rings. The molecule has 1 amide bonds. The molecule has 1 saturated heterocycles. The van der Waals surface area contributed by atoms with Crippen molar-refractivity contribution in [2.24, 2.45) is 0 Å². The molecule has 0 aromatic carbocycles. The highest BCUT2D eigenvalue weighted by atomic mass is 32.2. The van der Waals surface area contributed by atoms with Crippen molar-refractivity contribution in [3.63, 3.8) is 0 Å². The van der Waals surface area contributed by atoms with Gasteiger partial charge in [-0.3, -0.25) is 4.79 Å². The number of nitrogens with one attached hydrogen (secondary N) is 1. The number of thioether (sulfide) groups is 1. The largest absolute Gasteiger partial charge is 0.337 e. The van der Waals surface area contributed by atoms with Crippen molar-refractivity contribution in [1.82, 2.24) is 10.2 Å². The summed E-state index contributed by atoms with van der Waals surface area (Å²) in [6.07, 6.45) is 0. The van der Waals surface area contributed by atoms with E-state index >= 15 is 0 Å². The molecule has 0 radical (unpaired) electrons. The van der Waals surface area contributed by atoms with Gasteiger partial charge in [-0.05, 0) is 18.4 Å². The first kappa shape index (κ1) is 12.9. The molecule has 5 heteroatoms. The average molecular weight is 270 g/mol. The Kier molecular flexibility index (Phi) is 4.48. The lowest BCUT2D eigenvalue weighted by Crippen LogP contribution is -2.49. The number of thiophene rings is 1. The van der Waals surface area contributed by atoms with Gasteiger partial charge in [0.05, 0.1) is 12.1 Å². The predicted octanol–water partition coefficient (Wildman–Crippen LogP) is 1.97. The molecule has 1 aliphatic heterocycles. The molecule has 2 atom stereocenters. The molecule has 94 valence electrons. The smallest absolute Gasteiger partial charge is 0.240 e. The van der Waals surface area contributed by atoms with Crippen molar-refractivity contribution in [3.8, 4) is 0 Å². The molecule has 1 aliphatic rings. The normalized spacial score (nSPS) is 22.1. The maximum absolute atomic E-state index is 12.3. The number of nitrogens with zero attached hydrogens (tertiary/aromatic N) is 1. The van der Waals surface area contributed by atoms with Crippen LogP contribution >= 0.6 is 23.1 Å². The SMILES string of the molecule is CC(c1cccs1)N(C)C(=O)C1CSCCN1. The number of hydrogen-bond acceptors (Lipinski definition) is 4. The molecule has 0 bridgehead atoms. The lowest BCUT2D eigenvalue weighted by Gasteiger charge is -2.30. The Labute approximate surface area is 111 Å². The molecule has 2 heterocycles. The number of hydrogen-bond donors (Lipinski definition) is 1. The molecular weight excluding hydrogens is 252 g/mol. The average Bonchev–Trinajstić information content (AvgIpc) is 2.91. The van der Waals surface area contributed by atoms with E-state index < -0.39 is 0 Å². The first-order valence-corrected chi connectivity index (χ1v) is 7.85. The summed E-state index contributed by atoms with van der Waals surface area (Å²) < 4.78 is 0. The van der Waals surface area contributed by atoms with Gasteiger partial charge in [0.25, 0.3) is 0 Å². The van der Waals surface area contributed by atoms with Gasteiger partial charge >= 0.3 is 0 Å². The summed E-state index contributed by atoms with van der Waals surface area (Å²) in [7, 11) is 1.90. The van der Waals surface area contributed by atoms with Gasteiger partial charge < -0.3 is 10.2 Å². The third-order valence-electron chi connectivity index (χ3n) is 3.10. The fourth-order valence-corrected chi connectivity index (χ4v) is 3.63. The van der Waals surface area contributed by atoms with E-state index in [9.17, 15) is 4.79 Å². The number of rotatable bonds is 3. The van der Waals surface area contributed by atoms with Crippen LogP contribution < -0.4 is 5.32 Å². The van der Waals surface area contributed by atoms with Gasteiger partial charge in [0, 0.05) is 30.0 Å². The highest BCUT2D eigenvalue weighted by Crippen LogP contribution is 2.24. The van der Waals surface area contributed by atoms with Crippen LogP contribution in [0.2, 0.25) is 0 Å². The Hall–Kier alpha value is -0.520. The van der Waals surface area contributed by atoms with Crippen molar-refractivity contribution >= 4 is 29.0 Å². The molecule has 2 rings (SSSR count). The van der Waals surface area contributed by atoms with Crippen molar-refractivity contribution in [3.05, 3.63) is 22.4 Å². The third kappa shape index (κ3) is 3.03. The Morgan fingerprint density at radius 3 is 3.06 bits per heavy atom. The fourth-order valence-electron chi connectivity index (χ4n) is 1.88. The molecule has 3 nitrogen and oxygen atoms in total. The summed E-state index contributed by atoms with van der Waals surface area (Å²) in [5.74, 6) is 2.20. The van der Waals surface area contributed by atoms with Crippen LogP contribution in [0, 0.1) is 0 Å². The van der Waals surface area contributed by atoms with E-state index in [1.54, 1.807) is 11.3 Å². The van der Waals surface area contributed by atoms with Crippen LogP contribution in [0.4, 0.5) is 0 Å². The van der Waals surface area contributed by atoms with Gasteiger partial charge in [-0.1, -0.05) is 6.07 Å². The van der Waals surface area contributed by atoms with Crippen LogP contribution in [0.3, 0.4) is 0 Å². The Morgan fingerprint density at radius 2 is 2.47 bits per heavy atom. The van der Waals surface area contributed by atoms with E-state index in [4.69, 9.17) is 0 Å². The lowest BCUT2D eigenvalue weighted by atomic mass is 10.2. The van der Waals surface area contributed by atoms with Crippen LogP contribution in [0.25, 0.3) is 0 Å². The first-order valence-electron chi connectivity index (χ1n) is 5.81. The van der Waals surface area contributed by atoms with Gasteiger partial charge in [0.1, 0.15) is 0 Å². The van der Waals surface area contributed by atoms with Crippen LogP contribution in [-0.2, 0) is 4.79 Å². The zero-order valence-corrected chi connectivity index (χ0v) is 11.8. The summed E-state index contributed by atoms with van der Waals surface area (Å²) in [6, 6.07) is 4.27. The summed E-state index contributed by atoms with van der Waals surface area (Å²) in [5, 5.41) is 5.35. The maximum Gasteiger partial charge on any atom is 0.240 e. The molecule has 2 unspecified atom stereocenters. The second kappa shape index (κ2) is 5.89. The predicted molar refractivity (Wildman–Crippen MR) is 74.6 cm³/mol. The van der Waals surface area contributed by atoms with E-state index in [1.807, 2.05) is 29.8 Å². The molecule has 0 saturated carbocycles. The molecule has 1 N–H and O–H groups in total. The molecule has 17 heavy (non-hydrogen) atoms. The molecular formula is C12H18N2OS2. The number of carbonyl (C=O) groups excluding carboxylic acids is 1. The summed E-state index contributed by atoms with van der Waals surface area (Å²) >= 11 is 3.55. The van der Waals surface area contributed by atoms with Gasteiger partial charge in [-0.15, -0.1) is 11.3 Å². The summed E-state index contributed by atoms with van der Waals surface area (Å²) in [4.78, 5) is 15.4. The minimum atomic E-state index is -0.0128. The minimum Gasteiger partial charge on any atom is -0.337 e. The van der Waals surface area contributed by atoms with E-state index in [2.05, 4.69) is 23.7 Å². The Balaban J connectivity index is 1.98. The van der Waals surface area contributed by atoms with Crippen molar-refractivity contribution in [2.75, 3.05) is 25.1 Å². The van der Waals surface area contributed by atoms with Gasteiger partial charge in [-0.25, -0.2) is 0 Å². The van der Waals surface area contributed by atoms with Gasteiger partial charge in [0.2, 0.25) is 5.91 Å². The minimum absolute atomic E-state index is 0.0128. The summed E-state index contributed by atoms with van der Waals surface area (Å²) in [6.45, 7) is 3.02. The topological polar surface area (TPSA) is 32.3 Å². The maximum atomic E-state index is 12.3. The molecule has 1 aromatic heterocycles. The summed E-state index contributed by atoms with van der Waals surface area (Å²) in [5.41, 5.74) is 0. The van der Waals surface area contributed by atoms with Crippen LogP contribution in [-0.4, -0.2) is 41.9 Å². The standard InChI is InChI=1S/C12H18N2OS2/c1-9(11-4-3-6-17-11)14(2)12(15)10-8-16-7-5-13-10/h3-4,6,9-10,13H,5,7-8H2,1-2H3. The first-order chi connectivity index (χ1) is 8.20. The lowest BCUT2D eigenvalue weighted by molar-refractivity contribution is -0.133. The Morgan fingerprint density at radius 1 is 1.65 bits per heavy atom. The molecule has 1 aromatic rings. The van der Waals surface area contributed by atoms with Crippen molar-refractivity contribution < 1.29 is 4.79 Å². The van der Waals surface area contributed by atoms with Gasteiger partial charge in [0.15, 0.2) is 0 Å². The zero-order chi connectivity index (χ0) is 12.3. The van der Waals surface area contributed by atoms with E-state index in [0.717, 1.165) is 18.1 Å². The van der Waals surface area contributed by atoms with Crippen LogP contribution in [0.5, 0.6) is 0 Å². The zero-order valence-electron chi connectivity index (χ0n) is 10.2. The second-order valence-corrected chi connectivity index (χ2v) is 6.35. The van der Waals surface area contributed by atoms with Crippen molar-refractivity contribution in [2.45, 2.75) is 19.0 Å². The van der Waals surface area contributed by atoms with E-state index in [1.165, 1.54) is 4.88 Å². The Bertz CT molecular complexity index is 361. The van der Waals surface area contributed by atoms with E-state index in [0.29, 0.717) is 0 Å². The monoisotopic (exact) mass is 270 g/mol. The number of amides is 1. The molecule has 0 spiro atoms. The molecule has 0 aliphatic carbocycles. The van der Waals surface area contributed by atoms with E-state index in [-0.39, 0.29) is 18.0 Å². The highest BCUT2D eigenvalue weighted by Gasteiger charge is 2.27. The number of carbonyl (C=O) groups is 1. The van der Waals surface area contributed by atoms with Crippen molar-refractivity contribution in [1.29, 1.82) is 0 Å². The van der Waals surface area contributed by atoms with Crippen LogP contribution in [0.1, 0.15) is 17.8 Å². The quantitative estimate of drug-likeness (QED) is 0.911. The fraction of sp³-hybridized carbons (Fsp3) is 0.583. The third-order valence-corrected chi connectivity index (χ3v) is 5.21.